The molecule has 0 unspecified atom stereocenters. The first kappa shape index (κ1) is 20.5. The van der Waals surface area contributed by atoms with Gasteiger partial charge in [-0.15, -0.1) is 12.6 Å². The van der Waals surface area contributed by atoms with Gasteiger partial charge in [0.2, 0.25) is 0 Å². The van der Waals surface area contributed by atoms with Crippen LogP contribution in [-0.4, -0.2) is 29.2 Å². The van der Waals surface area contributed by atoms with Crippen LogP contribution in [0.5, 0.6) is 0 Å². The smallest absolute Gasteiger partial charge is 0.306 e. The number of amides is 1. The molecule has 0 aliphatic rings. The molecule has 3 aromatic rings. The van der Waals surface area contributed by atoms with Gasteiger partial charge in [0.25, 0.3) is 5.91 Å². The summed E-state index contributed by atoms with van der Waals surface area (Å²) in [7, 11) is 0. The van der Waals surface area contributed by atoms with Crippen molar-refractivity contribution in [2.45, 2.75) is 24.3 Å². The monoisotopic (exact) mass is 408 g/mol. The molecule has 1 amide bonds. The van der Waals surface area contributed by atoms with Gasteiger partial charge in [-0.1, -0.05) is 42.5 Å². The van der Waals surface area contributed by atoms with Crippen molar-refractivity contribution in [3.63, 3.8) is 0 Å². The van der Waals surface area contributed by atoms with Gasteiger partial charge in [-0.25, -0.2) is 0 Å². The zero-order valence-corrected chi connectivity index (χ0v) is 16.5. The molecule has 0 spiro atoms. The SMILES string of the molecule is O=C(CCC(=O)OCc1ccccc1)CNC(=O)c1cnc2c(S)cccc2c1. The number of nitrogens with one attached hydrogen (secondary N) is 1. The number of esters is 1. The average molecular weight is 408 g/mol. The number of carbonyl (C=O) groups excluding carboxylic acids is 3. The predicted molar refractivity (Wildman–Crippen MR) is 112 cm³/mol. The lowest BCUT2D eigenvalue weighted by atomic mass is 10.1. The van der Waals surface area contributed by atoms with E-state index >= 15 is 0 Å². The van der Waals surface area contributed by atoms with E-state index in [-0.39, 0.29) is 31.8 Å². The van der Waals surface area contributed by atoms with E-state index in [1.165, 1.54) is 6.20 Å². The van der Waals surface area contributed by atoms with Crippen molar-refractivity contribution in [2.24, 2.45) is 0 Å². The van der Waals surface area contributed by atoms with Gasteiger partial charge in [-0.3, -0.25) is 19.4 Å². The summed E-state index contributed by atoms with van der Waals surface area (Å²) in [5, 5.41) is 3.35. The lowest BCUT2D eigenvalue weighted by Gasteiger charge is -2.07. The second-order valence-corrected chi connectivity index (χ2v) is 6.92. The van der Waals surface area contributed by atoms with E-state index in [2.05, 4.69) is 22.9 Å². The van der Waals surface area contributed by atoms with Crippen LogP contribution in [0, 0.1) is 0 Å². The van der Waals surface area contributed by atoms with Crippen LogP contribution < -0.4 is 5.32 Å². The van der Waals surface area contributed by atoms with Crippen LogP contribution in [-0.2, 0) is 20.9 Å². The van der Waals surface area contributed by atoms with Gasteiger partial charge >= 0.3 is 5.97 Å². The molecular formula is C22H20N2O4S. The summed E-state index contributed by atoms with van der Waals surface area (Å²) >= 11 is 4.33. The Bertz CT molecular complexity index is 1040. The van der Waals surface area contributed by atoms with Crippen molar-refractivity contribution in [3.05, 3.63) is 71.9 Å². The zero-order valence-electron chi connectivity index (χ0n) is 15.6. The van der Waals surface area contributed by atoms with Gasteiger partial charge in [0, 0.05) is 22.9 Å². The molecule has 148 valence electrons. The molecule has 2 aromatic carbocycles. The number of carbonyl (C=O) groups is 3. The van der Waals surface area contributed by atoms with Gasteiger partial charge < -0.3 is 10.1 Å². The number of rotatable bonds is 8. The summed E-state index contributed by atoms with van der Waals surface area (Å²) in [5.74, 6) is -1.10. The molecule has 0 bridgehead atoms. The van der Waals surface area contributed by atoms with Crippen molar-refractivity contribution >= 4 is 41.2 Å². The van der Waals surface area contributed by atoms with Crippen LogP contribution in [0.2, 0.25) is 0 Å². The Balaban J connectivity index is 1.43. The minimum atomic E-state index is -0.449. The number of para-hydroxylation sites is 1. The Morgan fingerprint density at radius 2 is 1.79 bits per heavy atom. The second-order valence-electron chi connectivity index (χ2n) is 6.44. The van der Waals surface area contributed by atoms with Crippen LogP contribution in [0.1, 0.15) is 28.8 Å². The summed E-state index contributed by atoms with van der Waals surface area (Å²) in [6.07, 6.45) is 1.43. The van der Waals surface area contributed by atoms with E-state index in [0.717, 1.165) is 15.8 Å². The van der Waals surface area contributed by atoms with Crippen LogP contribution in [0.25, 0.3) is 10.9 Å². The standard InChI is InChI=1S/C22H20N2O4S/c25-18(9-10-20(26)28-14-15-5-2-1-3-6-15)13-24-22(27)17-11-16-7-4-8-19(29)21(16)23-12-17/h1-8,11-12,29H,9-10,13-14H2,(H,24,27). The minimum absolute atomic E-state index is 0.00683. The maximum absolute atomic E-state index is 12.3. The highest BCUT2D eigenvalue weighted by Gasteiger charge is 2.12. The third-order valence-electron chi connectivity index (χ3n) is 4.25. The Morgan fingerprint density at radius 1 is 1.00 bits per heavy atom. The van der Waals surface area contributed by atoms with E-state index in [4.69, 9.17) is 4.74 Å². The molecule has 1 heterocycles. The highest BCUT2D eigenvalue weighted by Crippen LogP contribution is 2.20. The molecule has 7 heteroatoms. The fourth-order valence-corrected chi connectivity index (χ4v) is 2.96. The third kappa shape index (κ3) is 5.89. The molecule has 0 fully saturated rings. The second kappa shape index (κ2) is 9.84. The Morgan fingerprint density at radius 3 is 2.59 bits per heavy atom. The maximum Gasteiger partial charge on any atom is 0.306 e. The number of thiol groups is 1. The fourth-order valence-electron chi connectivity index (χ4n) is 2.69. The number of ether oxygens (including phenoxy) is 1. The summed E-state index contributed by atoms with van der Waals surface area (Å²) in [5.41, 5.74) is 1.94. The maximum atomic E-state index is 12.3. The number of nitrogens with zero attached hydrogens (tertiary/aromatic N) is 1. The predicted octanol–water partition coefficient (Wildman–Crippen LogP) is 3.35. The van der Waals surface area contributed by atoms with Crippen LogP contribution in [0.4, 0.5) is 0 Å². The third-order valence-corrected chi connectivity index (χ3v) is 4.61. The van der Waals surface area contributed by atoms with Crippen molar-refractivity contribution in [2.75, 3.05) is 6.54 Å². The topological polar surface area (TPSA) is 85.4 Å². The summed E-state index contributed by atoms with van der Waals surface area (Å²) < 4.78 is 5.13. The van der Waals surface area contributed by atoms with E-state index in [1.54, 1.807) is 6.07 Å². The number of aromatic nitrogens is 1. The van der Waals surface area contributed by atoms with Crippen molar-refractivity contribution < 1.29 is 19.1 Å². The van der Waals surface area contributed by atoms with Crippen LogP contribution in [0.15, 0.2) is 65.7 Å². The molecule has 0 aliphatic carbocycles. The fraction of sp³-hybridized carbons (Fsp3) is 0.182. The average Bonchev–Trinajstić information content (AvgIpc) is 2.75. The molecule has 0 atom stereocenters. The van der Waals surface area contributed by atoms with Gasteiger partial charge in [0.1, 0.15) is 6.61 Å². The quantitative estimate of drug-likeness (QED) is 0.441. The molecule has 0 aliphatic heterocycles. The zero-order chi connectivity index (χ0) is 20.6. The van der Waals surface area contributed by atoms with Crippen molar-refractivity contribution in [3.8, 4) is 0 Å². The number of pyridine rings is 1. The number of benzene rings is 2. The Kier molecular flexibility index (Phi) is 6.97. The molecule has 0 saturated heterocycles. The lowest BCUT2D eigenvalue weighted by Crippen LogP contribution is -2.29. The molecule has 0 radical (unpaired) electrons. The van der Waals surface area contributed by atoms with Crippen molar-refractivity contribution in [1.29, 1.82) is 0 Å². The first-order valence-electron chi connectivity index (χ1n) is 9.10. The number of ketones is 1. The summed E-state index contributed by atoms with van der Waals surface area (Å²) in [6.45, 7) is 0.0169. The van der Waals surface area contributed by atoms with E-state index in [0.29, 0.717) is 11.1 Å². The molecule has 1 N–H and O–H groups in total. The molecule has 1 aromatic heterocycles. The van der Waals surface area contributed by atoms with Gasteiger partial charge in [-0.2, -0.15) is 0 Å². The summed E-state index contributed by atoms with van der Waals surface area (Å²) in [6, 6.07) is 16.5. The normalized spacial score (nSPS) is 10.5. The van der Waals surface area contributed by atoms with Gasteiger partial charge in [0.05, 0.1) is 24.0 Å². The molecule has 6 nitrogen and oxygen atoms in total. The Labute approximate surface area is 173 Å². The van der Waals surface area contributed by atoms with Crippen LogP contribution >= 0.6 is 12.6 Å². The number of Topliss-reactive ketones (excluding diaryl/α,β-unsaturated/α-hetero) is 1. The first-order chi connectivity index (χ1) is 14.0. The van der Waals surface area contributed by atoms with Crippen molar-refractivity contribution in [1.82, 2.24) is 10.3 Å². The van der Waals surface area contributed by atoms with Gasteiger partial charge in [0.15, 0.2) is 5.78 Å². The minimum Gasteiger partial charge on any atom is -0.461 e. The highest BCUT2D eigenvalue weighted by atomic mass is 32.1. The van der Waals surface area contributed by atoms with E-state index < -0.39 is 11.9 Å². The molecular weight excluding hydrogens is 388 g/mol. The largest absolute Gasteiger partial charge is 0.461 e. The number of hydrogen-bond donors (Lipinski definition) is 2. The number of fused-ring (bicyclic) bond motifs is 1. The molecule has 3 rings (SSSR count). The molecule has 29 heavy (non-hydrogen) atoms. The molecule has 0 saturated carbocycles. The van der Waals surface area contributed by atoms with E-state index in [9.17, 15) is 14.4 Å². The first-order valence-corrected chi connectivity index (χ1v) is 9.55. The summed E-state index contributed by atoms with van der Waals surface area (Å²) in [4.78, 5) is 41.0. The van der Waals surface area contributed by atoms with Crippen LogP contribution in [0.3, 0.4) is 0 Å². The van der Waals surface area contributed by atoms with E-state index in [1.807, 2.05) is 48.5 Å². The highest BCUT2D eigenvalue weighted by molar-refractivity contribution is 7.80. The Hall–Kier alpha value is -3.19. The van der Waals surface area contributed by atoms with Gasteiger partial charge in [-0.05, 0) is 17.7 Å². The lowest BCUT2D eigenvalue weighted by molar-refractivity contribution is -0.146. The number of hydrogen-bond acceptors (Lipinski definition) is 6.